The molecule has 0 saturated carbocycles. The van der Waals surface area contributed by atoms with Crippen LogP contribution in [0.25, 0.3) is 0 Å². The summed E-state index contributed by atoms with van der Waals surface area (Å²) in [5.74, 6) is 0. The zero-order valence-electron chi connectivity index (χ0n) is 12.9. The van der Waals surface area contributed by atoms with Gasteiger partial charge in [-0.25, -0.2) is 0 Å². The van der Waals surface area contributed by atoms with E-state index in [0.29, 0.717) is 0 Å². The van der Waals surface area contributed by atoms with Gasteiger partial charge in [-0.05, 0) is 58.2 Å². The van der Waals surface area contributed by atoms with E-state index < -0.39 is 0 Å². The number of nitriles is 1. The normalized spacial score (nSPS) is 17.9. The molecule has 1 heterocycles. The smallest absolute Gasteiger partial charge is 0.0946 e. The molecule has 1 rings (SSSR count). The number of piperidine rings is 1. The Morgan fingerprint density at radius 2 is 1.68 bits per heavy atom. The second-order valence-corrected chi connectivity index (χ2v) is 5.70. The molecule has 19 heavy (non-hydrogen) atoms. The summed E-state index contributed by atoms with van der Waals surface area (Å²) in [6, 6.07) is 2.44. The molecule has 0 radical (unpaired) electrons. The van der Waals surface area contributed by atoms with Gasteiger partial charge in [0, 0.05) is 5.57 Å². The lowest BCUT2D eigenvalue weighted by Gasteiger charge is -2.26. The first kappa shape index (κ1) is 16.2. The molecule has 0 aromatic heterocycles. The van der Waals surface area contributed by atoms with Crippen molar-refractivity contribution in [2.75, 3.05) is 19.6 Å². The van der Waals surface area contributed by atoms with E-state index >= 15 is 0 Å². The summed E-state index contributed by atoms with van der Waals surface area (Å²) in [6.45, 7) is 8.16. The van der Waals surface area contributed by atoms with E-state index in [4.69, 9.17) is 0 Å². The van der Waals surface area contributed by atoms with Gasteiger partial charge < -0.3 is 4.90 Å². The molecule has 0 bridgehead atoms. The van der Waals surface area contributed by atoms with Gasteiger partial charge in [0.25, 0.3) is 0 Å². The van der Waals surface area contributed by atoms with Crippen LogP contribution in [0.15, 0.2) is 11.1 Å². The van der Waals surface area contributed by atoms with Crippen molar-refractivity contribution in [1.29, 1.82) is 5.26 Å². The minimum atomic E-state index is 0.968. The van der Waals surface area contributed by atoms with Crippen LogP contribution < -0.4 is 0 Å². The summed E-state index contributed by atoms with van der Waals surface area (Å²) in [5.41, 5.74) is 2.51. The lowest BCUT2D eigenvalue weighted by Crippen LogP contribution is -2.30. The average Bonchev–Trinajstić information content (AvgIpc) is 2.45. The molecule has 1 aliphatic rings. The Morgan fingerprint density at radius 3 is 2.26 bits per heavy atom. The van der Waals surface area contributed by atoms with Crippen molar-refractivity contribution in [2.45, 2.75) is 71.6 Å². The molecule has 1 fully saturated rings. The minimum absolute atomic E-state index is 0.968. The minimum Gasteiger partial charge on any atom is -0.303 e. The Bertz CT molecular complexity index is 306. The highest BCUT2D eigenvalue weighted by atomic mass is 15.1. The first-order chi connectivity index (χ1) is 9.31. The lowest BCUT2D eigenvalue weighted by atomic mass is 9.96. The predicted octanol–water partition coefficient (Wildman–Crippen LogP) is 4.67. The third-order valence-corrected chi connectivity index (χ3v) is 4.02. The maximum Gasteiger partial charge on any atom is 0.0946 e. The molecule has 2 nitrogen and oxygen atoms in total. The van der Waals surface area contributed by atoms with Gasteiger partial charge in [0.1, 0.15) is 0 Å². The van der Waals surface area contributed by atoms with Crippen molar-refractivity contribution < 1.29 is 0 Å². The van der Waals surface area contributed by atoms with Crippen LogP contribution in [0.4, 0.5) is 0 Å². The second kappa shape index (κ2) is 10.0. The molecule has 0 spiro atoms. The third-order valence-electron chi connectivity index (χ3n) is 4.02. The molecule has 0 N–H and O–H groups in total. The lowest BCUT2D eigenvalue weighted by molar-refractivity contribution is 0.226. The van der Waals surface area contributed by atoms with Crippen LogP contribution in [-0.4, -0.2) is 24.5 Å². The molecule has 108 valence electrons. The van der Waals surface area contributed by atoms with E-state index in [1.165, 1.54) is 50.9 Å². The van der Waals surface area contributed by atoms with Crippen molar-refractivity contribution in [3.05, 3.63) is 11.1 Å². The molecular weight excluding hydrogens is 232 g/mol. The molecule has 0 unspecified atom stereocenters. The topological polar surface area (TPSA) is 27.0 Å². The maximum absolute atomic E-state index is 9.28. The molecular formula is C17H30N2. The van der Waals surface area contributed by atoms with Gasteiger partial charge in [0.15, 0.2) is 0 Å². The van der Waals surface area contributed by atoms with Crippen LogP contribution in [-0.2, 0) is 0 Å². The Hall–Kier alpha value is -0.810. The third kappa shape index (κ3) is 6.25. The van der Waals surface area contributed by atoms with Crippen molar-refractivity contribution in [3.63, 3.8) is 0 Å². The number of nitrogens with zero attached hydrogens (tertiary/aromatic N) is 2. The van der Waals surface area contributed by atoms with Gasteiger partial charge in [0.2, 0.25) is 0 Å². The number of likely N-dealkylation sites (tertiary alicyclic amines) is 1. The Labute approximate surface area is 119 Å². The number of rotatable bonds is 8. The Morgan fingerprint density at radius 1 is 1.00 bits per heavy atom. The standard InChI is InChI=1S/C17H30N2/c1-3-9-16(17(15-18)10-4-2)11-8-14-19-12-6-5-7-13-19/h3-14H2,1-2H3/b17-16-. The molecule has 1 aliphatic heterocycles. The molecule has 0 aliphatic carbocycles. The molecule has 0 aromatic carbocycles. The molecule has 0 atom stereocenters. The Kier molecular flexibility index (Phi) is 8.58. The van der Waals surface area contributed by atoms with Gasteiger partial charge in [-0.3, -0.25) is 0 Å². The van der Waals surface area contributed by atoms with E-state index in [1.807, 2.05) is 0 Å². The summed E-state index contributed by atoms with van der Waals surface area (Å²) in [6.07, 6.45) is 10.8. The summed E-state index contributed by atoms with van der Waals surface area (Å²) in [4.78, 5) is 2.60. The van der Waals surface area contributed by atoms with Crippen LogP contribution >= 0.6 is 0 Å². The van der Waals surface area contributed by atoms with Crippen LogP contribution in [0.5, 0.6) is 0 Å². The predicted molar refractivity (Wildman–Crippen MR) is 82.0 cm³/mol. The fourth-order valence-corrected chi connectivity index (χ4v) is 2.99. The Balaban J connectivity index is 2.42. The van der Waals surface area contributed by atoms with E-state index in [1.54, 1.807) is 0 Å². The van der Waals surface area contributed by atoms with Gasteiger partial charge >= 0.3 is 0 Å². The van der Waals surface area contributed by atoms with Gasteiger partial charge in [-0.1, -0.05) is 38.7 Å². The highest BCUT2D eigenvalue weighted by Crippen LogP contribution is 2.21. The highest BCUT2D eigenvalue weighted by Gasteiger charge is 2.11. The number of hydrogen-bond donors (Lipinski definition) is 0. The first-order valence-corrected chi connectivity index (χ1v) is 8.15. The molecule has 1 saturated heterocycles. The van der Waals surface area contributed by atoms with E-state index in [0.717, 1.165) is 37.7 Å². The van der Waals surface area contributed by atoms with Crippen molar-refractivity contribution in [2.24, 2.45) is 0 Å². The van der Waals surface area contributed by atoms with E-state index in [9.17, 15) is 5.26 Å². The van der Waals surface area contributed by atoms with E-state index in [-0.39, 0.29) is 0 Å². The first-order valence-electron chi connectivity index (χ1n) is 8.15. The summed E-state index contributed by atoms with van der Waals surface area (Å²) < 4.78 is 0. The van der Waals surface area contributed by atoms with Gasteiger partial charge in [-0.2, -0.15) is 5.26 Å². The largest absolute Gasteiger partial charge is 0.303 e. The van der Waals surface area contributed by atoms with Crippen LogP contribution in [0, 0.1) is 11.3 Å². The number of allylic oxidation sites excluding steroid dienone is 2. The molecule has 2 heteroatoms. The van der Waals surface area contributed by atoms with Crippen LogP contribution in [0.3, 0.4) is 0 Å². The number of hydrogen-bond acceptors (Lipinski definition) is 2. The quantitative estimate of drug-likeness (QED) is 0.594. The molecule has 0 amide bonds. The molecule has 0 aromatic rings. The fraction of sp³-hybridized carbons (Fsp3) is 0.824. The summed E-state index contributed by atoms with van der Waals surface area (Å²) in [5, 5.41) is 9.28. The zero-order chi connectivity index (χ0) is 13.9. The van der Waals surface area contributed by atoms with Crippen molar-refractivity contribution in [1.82, 2.24) is 4.90 Å². The van der Waals surface area contributed by atoms with Crippen LogP contribution in [0.2, 0.25) is 0 Å². The SMILES string of the molecule is CCC/C(C#N)=C(\CCC)CCCN1CCCCC1. The maximum atomic E-state index is 9.28. The van der Waals surface area contributed by atoms with Gasteiger partial charge in [0.05, 0.1) is 6.07 Å². The zero-order valence-corrected chi connectivity index (χ0v) is 12.9. The monoisotopic (exact) mass is 262 g/mol. The average molecular weight is 262 g/mol. The fourth-order valence-electron chi connectivity index (χ4n) is 2.99. The summed E-state index contributed by atoms with van der Waals surface area (Å²) >= 11 is 0. The van der Waals surface area contributed by atoms with Gasteiger partial charge in [-0.15, -0.1) is 0 Å². The van der Waals surface area contributed by atoms with E-state index in [2.05, 4.69) is 24.8 Å². The second-order valence-electron chi connectivity index (χ2n) is 5.70. The van der Waals surface area contributed by atoms with Crippen molar-refractivity contribution in [3.8, 4) is 6.07 Å². The van der Waals surface area contributed by atoms with Crippen molar-refractivity contribution >= 4 is 0 Å². The van der Waals surface area contributed by atoms with Crippen LogP contribution in [0.1, 0.15) is 71.6 Å². The highest BCUT2D eigenvalue weighted by molar-refractivity contribution is 5.27. The summed E-state index contributed by atoms with van der Waals surface area (Å²) in [7, 11) is 0.